The fraction of sp³-hybridized carbons (Fsp3) is 0.480. The Hall–Kier alpha value is -1.97. The van der Waals surface area contributed by atoms with Crippen molar-refractivity contribution < 1.29 is 0 Å². The Morgan fingerprint density at radius 2 is 1.39 bits per heavy atom. The highest BCUT2D eigenvalue weighted by molar-refractivity contribution is 5.48. The van der Waals surface area contributed by atoms with E-state index in [0.717, 1.165) is 24.9 Å². The third-order valence-electron chi connectivity index (χ3n) is 6.56. The molecule has 2 aromatic rings. The highest BCUT2D eigenvalue weighted by atomic mass is 15.1. The van der Waals surface area contributed by atoms with Crippen LogP contribution in [0.2, 0.25) is 0 Å². The topological polar surface area (TPSA) is 19.4 Å². The van der Waals surface area contributed by atoms with E-state index >= 15 is 0 Å². The minimum atomic E-state index is 0.940. The molecule has 0 amide bonds. The van der Waals surface area contributed by atoms with E-state index in [4.69, 9.17) is 0 Å². The Bertz CT molecular complexity index is 712. The fourth-order valence-electron chi connectivity index (χ4n) is 4.84. The Kier molecular flexibility index (Phi) is 6.91. The van der Waals surface area contributed by atoms with E-state index in [1.54, 1.807) is 0 Å². The van der Waals surface area contributed by atoms with E-state index in [-0.39, 0.29) is 0 Å². The first-order chi connectivity index (χ1) is 13.9. The number of benzene rings is 1. The van der Waals surface area contributed by atoms with Crippen LogP contribution in [0.5, 0.6) is 0 Å². The average Bonchev–Trinajstić information content (AvgIpc) is 2.76. The molecule has 0 radical (unpaired) electrons. The highest BCUT2D eigenvalue weighted by Gasteiger charge is 2.29. The summed E-state index contributed by atoms with van der Waals surface area (Å²) in [5.41, 5.74) is 2.70. The van der Waals surface area contributed by atoms with Crippen LogP contribution < -0.4 is 0 Å². The standard InChI is InChI=1S/C25H33N3/c1-2-5-22(6-3-1)7-4-16-27-17-10-24(11-18-27)25-12-19-28(20-13-25)21-23-8-14-26-15-9-23/h1-9,14-15,24-25H,10-13,16-21H2/b7-4+. The average molecular weight is 376 g/mol. The lowest BCUT2D eigenvalue weighted by molar-refractivity contribution is 0.0977. The number of hydrogen-bond acceptors (Lipinski definition) is 3. The predicted octanol–water partition coefficient (Wildman–Crippen LogP) is 4.72. The number of rotatable bonds is 6. The second kappa shape index (κ2) is 9.99. The zero-order chi connectivity index (χ0) is 19.0. The maximum atomic E-state index is 4.13. The van der Waals surface area contributed by atoms with Gasteiger partial charge in [0, 0.05) is 25.5 Å². The van der Waals surface area contributed by atoms with Crippen molar-refractivity contribution in [3.05, 3.63) is 72.1 Å². The van der Waals surface area contributed by atoms with Gasteiger partial charge in [0.15, 0.2) is 0 Å². The van der Waals surface area contributed by atoms with Gasteiger partial charge in [0.25, 0.3) is 0 Å². The fourth-order valence-corrected chi connectivity index (χ4v) is 4.84. The van der Waals surface area contributed by atoms with Gasteiger partial charge in [-0.1, -0.05) is 42.5 Å². The van der Waals surface area contributed by atoms with E-state index in [1.165, 1.54) is 63.0 Å². The lowest BCUT2D eigenvalue weighted by Gasteiger charge is -2.40. The van der Waals surface area contributed by atoms with Crippen LogP contribution in [-0.4, -0.2) is 47.5 Å². The monoisotopic (exact) mass is 375 g/mol. The Labute approximate surface area is 170 Å². The van der Waals surface area contributed by atoms with Crippen molar-refractivity contribution in [1.82, 2.24) is 14.8 Å². The minimum absolute atomic E-state index is 0.940. The van der Waals surface area contributed by atoms with E-state index < -0.39 is 0 Å². The maximum Gasteiger partial charge on any atom is 0.0271 e. The van der Waals surface area contributed by atoms with Crippen LogP contribution >= 0.6 is 0 Å². The zero-order valence-electron chi connectivity index (χ0n) is 16.9. The molecule has 0 unspecified atom stereocenters. The van der Waals surface area contributed by atoms with Gasteiger partial charge >= 0.3 is 0 Å². The van der Waals surface area contributed by atoms with Gasteiger partial charge in [-0.15, -0.1) is 0 Å². The van der Waals surface area contributed by atoms with Gasteiger partial charge in [-0.05, 0) is 87.0 Å². The first kappa shape index (κ1) is 19.4. The van der Waals surface area contributed by atoms with Gasteiger partial charge in [0.1, 0.15) is 0 Å². The van der Waals surface area contributed by atoms with E-state index in [1.807, 2.05) is 12.4 Å². The molecule has 2 aliphatic rings. The molecule has 0 spiro atoms. The normalized spacial score (nSPS) is 20.7. The summed E-state index contributed by atoms with van der Waals surface area (Å²) in [7, 11) is 0. The molecule has 3 heteroatoms. The minimum Gasteiger partial charge on any atom is -0.300 e. The van der Waals surface area contributed by atoms with Crippen molar-refractivity contribution in [3.63, 3.8) is 0 Å². The van der Waals surface area contributed by atoms with Crippen molar-refractivity contribution in [2.45, 2.75) is 32.2 Å². The van der Waals surface area contributed by atoms with Gasteiger partial charge in [-0.2, -0.15) is 0 Å². The summed E-state index contributed by atoms with van der Waals surface area (Å²) in [5, 5.41) is 0. The molecule has 2 saturated heterocycles. The van der Waals surface area contributed by atoms with E-state index in [0.29, 0.717) is 0 Å². The lowest BCUT2D eigenvalue weighted by Crippen LogP contribution is -2.40. The second-order valence-corrected chi connectivity index (χ2v) is 8.42. The summed E-state index contributed by atoms with van der Waals surface area (Å²) in [6, 6.07) is 14.9. The Morgan fingerprint density at radius 1 is 0.786 bits per heavy atom. The summed E-state index contributed by atoms with van der Waals surface area (Å²) in [6.45, 7) is 7.22. The third-order valence-corrected chi connectivity index (χ3v) is 6.56. The molecule has 28 heavy (non-hydrogen) atoms. The molecule has 0 aliphatic carbocycles. The van der Waals surface area contributed by atoms with Crippen molar-refractivity contribution in [2.75, 3.05) is 32.7 Å². The first-order valence-corrected chi connectivity index (χ1v) is 10.9. The van der Waals surface area contributed by atoms with E-state index in [2.05, 4.69) is 69.4 Å². The number of pyridine rings is 1. The number of aromatic nitrogens is 1. The molecule has 4 rings (SSSR count). The summed E-state index contributed by atoms with van der Waals surface area (Å²) in [6.07, 6.45) is 13.9. The SMILES string of the molecule is C(=C\c1ccccc1)/CN1CCC(C2CCN(Cc3ccncc3)CC2)CC1. The van der Waals surface area contributed by atoms with Crippen LogP contribution in [0.4, 0.5) is 0 Å². The van der Waals surface area contributed by atoms with Gasteiger partial charge in [0.05, 0.1) is 0 Å². The lowest BCUT2D eigenvalue weighted by atomic mass is 9.79. The molecule has 1 aromatic carbocycles. The molecule has 3 nitrogen and oxygen atoms in total. The van der Waals surface area contributed by atoms with Crippen molar-refractivity contribution in [1.29, 1.82) is 0 Å². The largest absolute Gasteiger partial charge is 0.300 e. The van der Waals surface area contributed by atoms with Crippen LogP contribution in [0.1, 0.15) is 36.8 Å². The molecule has 3 heterocycles. The van der Waals surface area contributed by atoms with Gasteiger partial charge < -0.3 is 0 Å². The van der Waals surface area contributed by atoms with Crippen molar-refractivity contribution in [2.24, 2.45) is 11.8 Å². The third kappa shape index (κ3) is 5.52. The molecular weight excluding hydrogens is 342 g/mol. The smallest absolute Gasteiger partial charge is 0.0271 e. The van der Waals surface area contributed by atoms with Crippen LogP contribution in [0.25, 0.3) is 6.08 Å². The molecule has 0 N–H and O–H groups in total. The summed E-state index contributed by atoms with van der Waals surface area (Å²) < 4.78 is 0. The van der Waals surface area contributed by atoms with E-state index in [9.17, 15) is 0 Å². The first-order valence-electron chi connectivity index (χ1n) is 10.9. The zero-order valence-corrected chi connectivity index (χ0v) is 16.9. The van der Waals surface area contributed by atoms with Gasteiger partial charge in [-0.25, -0.2) is 0 Å². The number of nitrogens with zero attached hydrogens (tertiary/aromatic N) is 3. The van der Waals surface area contributed by atoms with Crippen LogP contribution in [0.15, 0.2) is 60.9 Å². The number of likely N-dealkylation sites (tertiary alicyclic amines) is 2. The highest BCUT2D eigenvalue weighted by Crippen LogP contribution is 2.32. The summed E-state index contributed by atoms with van der Waals surface area (Å²) in [5.74, 6) is 1.88. The Balaban J connectivity index is 1.16. The van der Waals surface area contributed by atoms with Gasteiger partial charge in [-0.3, -0.25) is 14.8 Å². The summed E-state index contributed by atoms with van der Waals surface area (Å²) in [4.78, 5) is 9.36. The number of piperidine rings is 2. The molecule has 0 bridgehead atoms. The van der Waals surface area contributed by atoms with Crippen molar-refractivity contribution in [3.8, 4) is 0 Å². The molecule has 2 aliphatic heterocycles. The quantitative estimate of drug-likeness (QED) is 0.728. The Morgan fingerprint density at radius 3 is 2.04 bits per heavy atom. The molecular formula is C25H33N3. The van der Waals surface area contributed by atoms with Gasteiger partial charge in [0.2, 0.25) is 0 Å². The molecule has 0 atom stereocenters. The van der Waals surface area contributed by atoms with Crippen LogP contribution in [-0.2, 0) is 6.54 Å². The van der Waals surface area contributed by atoms with Crippen LogP contribution in [0, 0.1) is 11.8 Å². The summed E-state index contributed by atoms with van der Waals surface area (Å²) >= 11 is 0. The molecule has 148 valence electrons. The number of hydrogen-bond donors (Lipinski definition) is 0. The molecule has 1 aromatic heterocycles. The van der Waals surface area contributed by atoms with Crippen molar-refractivity contribution >= 4 is 6.08 Å². The molecule has 2 fully saturated rings. The predicted molar refractivity (Wildman–Crippen MR) is 117 cm³/mol. The molecule has 0 saturated carbocycles. The maximum absolute atomic E-state index is 4.13. The van der Waals surface area contributed by atoms with Crippen LogP contribution in [0.3, 0.4) is 0 Å². The second-order valence-electron chi connectivity index (χ2n) is 8.42.